The monoisotopic (exact) mass is 405 g/mol. The lowest BCUT2D eigenvalue weighted by atomic mass is 10.1. The fourth-order valence-electron chi connectivity index (χ4n) is 2.59. The van der Waals surface area contributed by atoms with Crippen LogP contribution < -0.4 is 14.8 Å². The van der Waals surface area contributed by atoms with Crippen molar-refractivity contribution in [2.75, 3.05) is 32.8 Å². The molecule has 2 aromatic rings. The lowest BCUT2D eigenvalue weighted by Gasteiger charge is -2.09. The summed E-state index contributed by atoms with van der Waals surface area (Å²) < 4.78 is 25.8. The van der Waals surface area contributed by atoms with Gasteiger partial charge in [-0.1, -0.05) is 0 Å². The van der Waals surface area contributed by atoms with Crippen molar-refractivity contribution in [2.24, 2.45) is 0 Å². The number of amides is 1. The summed E-state index contributed by atoms with van der Waals surface area (Å²) in [5.74, 6) is -1.45. The molecule has 0 aliphatic rings. The van der Waals surface area contributed by atoms with E-state index in [9.17, 15) is 14.4 Å². The normalized spacial score (nSPS) is 10.2. The highest BCUT2D eigenvalue weighted by atomic mass is 16.5. The second-order valence-electron chi connectivity index (χ2n) is 5.73. The second-order valence-corrected chi connectivity index (χ2v) is 5.73. The maximum absolute atomic E-state index is 12.7. The Morgan fingerprint density at radius 1 is 0.897 bits per heavy atom. The third-order valence-electron chi connectivity index (χ3n) is 3.88. The average Bonchev–Trinajstić information content (AvgIpc) is 3.03. The zero-order valence-corrected chi connectivity index (χ0v) is 16.9. The Kier molecular flexibility index (Phi) is 7.24. The average molecular weight is 405 g/mol. The molecule has 0 fully saturated rings. The zero-order valence-electron chi connectivity index (χ0n) is 16.9. The summed E-state index contributed by atoms with van der Waals surface area (Å²) in [5, 5.41) is 2.50. The van der Waals surface area contributed by atoms with Crippen LogP contribution in [0.3, 0.4) is 0 Å². The summed E-state index contributed by atoms with van der Waals surface area (Å²) in [6.45, 7) is 4.92. The second kappa shape index (κ2) is 9.63. The van der Waals surface area contributed by atoms with Crippen LogP contribution in [0.4, 0.5) is 5.88 Å². The van der Waals surface area contributed by atoms with Gasteiger partial charge in [0.05, 0.1) is 27.4 Å². The van der Waals surface area contributed by atoms with E-state index in [1.807, 2.05) is 0 Å². The topological polar surface area (TPSA) is 113 Å². The molecule has 9 heteroatoms. The molecule has 156 valence electrons. The van der Waals surface area contributed by atoms with Crippen molar-refractivity contribution < 1.29 is 37.7 Å². The molecule has 0 aliphatic heterocycles. The summed E-state index contributed by atoms with van der Waals surface area (Å²) >= 11 is 0. The van der Waals surface area contributed by atoms with E-state index in [2.05, 4.69) is 5.32 Å². The van der Waals surface area contributed by atoms with Crippen LogP contribution in [0, 0.1) is 6.92 Å². The highest BCUT2D eigenvalue weighted by Gasteiger charge is 2.31. The maximum Gasteiger partial charge on any atom is 0.344 e. The van der Waals surface area contributed by atoms with E-state index in [-0.39, 0.29) is 41.5 Å². The van der Waals surface area contributed by atoms with E-state index >= 15 is 0 Å². The van der Waals surface area contributed by atoms with Gasteiger partial charge >= 0.3 is 11.9 Å². The number of esters is 2. The Hall–Kier alpha value is -3.49. The van der Waals surface area contributed by atoms with Crippen LogP contribution in [0.1, 0.15) is 50.7 Å². The standard InChI is InChI=1S/C20H23NO8/c1-6-27-19(23)15-11(3)29-18(16(15)20(24)28-7-2)21-17(22)12-8-13(25-4)10-14(9-12)26-5/h8-10H,6-7H2,1-5H3,(H,21,22). The van der Waals surface area contributed by atoms with Crippen LogP contribution in [0.15, 0.2) is 22.6 Å². The van der Waals surface area contributed by atoms with E-state index in [4.69, 9.17) is 23.4 Å². The van der Waals surface area contributed by atoms with Crippen molar-refractivity contribution in [1.29, 1.82) is 0 Å². The van der Waals surface area contributed by atoms with Crippen molar-refractivity contribution in [3.8, 4) is 11.5 Å². The lowest BCUT2D eigenvalue weighted by Crippen LogP contribution is -2.17. The molecule has 1 amide bonds. The quantitative estimate of drug-likeness (QED) is 0.666. The van der Waals surface area contributed by atoms with Gasteiger partial charge in [-0.2, -0.15) is 0 Å². The SMILES string of the molecule is CCOC(=O)c1c(C)oc(NC(=O)c2cc(OC)cc(OC)c2)c1C(=O)OCC. The van der Waals surface area contributed by atoms with Crippen molar-refractivity contribution in [3.63, 3.8) is 0 Å². The van der Waals surface area contributed by atoms with Crippen LogP contribution in [-0.2, 0) is 9.47 Å². The molecule has 0 bridgehead atoms. The number of anilines is 1. The fraction of sp³-hybridized carbons (Fsp3) is 0.350. The van der Waals surface area contributed by atoms with Crippen molar-refractivity contribution in [1.82, 2.24) is 0 Å². The number of carbonyl (C=O) groups excluding carboxylic acids is 3. The van der Waals surface area contributed by atoms with Gasteiger partial charge in [0.25, 0.3) is 5.91 Å². The number of aryl methyl sites for hydroxylation is 1. The van der Waals surface area contributed by atoms with Crippen LogP contribution in [-0.4, -0.2) is 45.3 Å². The first-order valence-corrected chi connectivity index (χ1v) is 8.88. The predicted molar refractivity (Wildman–Crippen MR) is 103 cm³/mol. The Morgan fingerprint density at radius 2 is 1.41 bits per heavy atom. The maximum atomic E-state index is 12.7. The van der Waals surface area contributed by atoms with Crippen molar-refractivity contribution in [3.05, 3.63) is 40.6 Å². The molecule has 2 rings (SSSR count). The summed E-state index contributed by atoms with van der Waals surface area (Å²) in [5.41, 5.74) is -0.0995. The number of furan rings is 1. The molecule has 29 heavy (non-hydrogen) atoms. The molecule has 1 aromatic heterocycles. The minimum Gasteiger partial charge on any atom is -0.497 e. The number of methoxy groups -OCH3 is 2. The number of ether oxygens (including phenoxy) is 4. The lowest BCUT2D eigenvalue weighted by molar-refractivity contribution is 0.0480. The van der Waals surface area contributed by atoms with Crippen LogP contribution in [0.2, 0.25) is 0 Å². The van der Waals surface area contributed by atoms with Gasteiger partial charge in [-0.3, -0.25) is 10.1 Å². The van der Waals surface area contributed by atoms with Crippen LogP contribution in [0.5, 0.6) is 11.5 Å². The fourth-order valence-corrected chi connectivity index (χ4v) is 2.59. The van der Waals surface area contributed by atoms with E-state index in [0.717, 1.165) is 0 Å². The van der Waals surface area contributed by atoms with E-state index in [0.29, 0.717) is 11.5 Å². The van der Waals surface area contributed by atoms with Gasteiger partial charge in [0.1, 0.15) is 28.4 Å². The zero-order chi connectivity index (χ0) is 21.6. The number of carbonyl (C=O) groups is 3. The van der Waals surface area contributed by atoms with Gasteiger partial charge in [-0.25, -0.2) is 9.59 Å². The molecular weight excluding hydrogens is 382 g/mol. The summed E-state index contributed by atoms with van der Waals surface area (Å²) in [6, 6.07) is 4.59. The van der Waals surface area contributed by atoms with Crippen LogP contribution >= 0.6 is 0 Å². The molecule has 0 aliphatic carbocycles. The van der Waals surface area contributed by atoms with Gasteiger partial charge in [0.2, 0.25) is 5.88 Å². The van der Waals surface area contributed by atoms with Crippen molar-refractivity contribution >= 4 is 23.7 Å². The molecule has 1 aromatic carbocycles. The molecular formula is C20H23NO8. The minimum absolute atomic E-state index is 0.0752. The first-order valence-electron chi connectivity index (χ1n) is 8.88. The molecule has 9 nitrogen and oxygen atoms in total. The first-order chi connectivity index (χ1) is 13.9. The highest BCUT2D eigenvalue weighted by Crippen LogP contribution is 2.30. The summed E-state index contributed by atoms with van der Waals surface area (Å²) in [4.78, 5) is 37.5. The van der Waals surface area contributed by atoms with E-state index < -0.39 is 17.8 Å². The number of rotatable bonds is 8. The Bertz CT molecular complexity index is 893. The van der Waals surface area contributed by atoms with Gasteiger partial charge in [0.15, 0.2) is 0 Å². The molecule has 1 heterocycles. The predicted octanol–water partition coefficient (Wildman–Crippen LogP) is 3.21. The van der Waals surface area contributed by atoms with Crippen LogP contribution in [0.25, 0.3) is 0 Å². The first kappa shape index (κ1) is 21.8. The third kappa shape index (κ3) is 4.87. The minimum atomic E-state index is -0.814. The van der Waals surface area contributed by atoms with E-state index in [1.165, 1.54) is 33.3 Å². The van der Waals surface area contributed by atoms with E-state index in [1.54, 1.807) is 19.9 Å². The molecule has 0 unspecified atom stereocenters. The highest BCUT2D eigenvalue weighted by molar-refractivity contribution is 6.11. The number of hydrogen-bond donors (Lipinski definition) is 1. The van der Waals surface area contributed by atoms with Gasteiger partial charge in [-0.15, -0.1) is 0 Å². The Morgan fingerprint density at radius 3 is 1.90 bits per heavy atom. The third-order valence-corrected chi connectivity index (χ3v) is 3.88. The number of nitrogens with one attached hydrogen (secondary N) is 1. The number of benzene rings is 1. The molecule has 1 N–H and O–H groups in total. The van der Waals surface area contributed by atoms with Gasteiger partial charge < -0.3 is 23.4 Å². The molecule has 0 spiro atoms. The van der Waals surface area contributed by atoms with Gasteiger partial charge in [0, 0.05) is 11.6 Å². The molecule has 0 atom stereocenters. The summed E-state index contributed by atoms with van der Waals surface area (Å²) in [6.07, 6.45) is 0. The molecule has 0 saturated heterocycles. The molecule has 0 saturated carbocycles. The number of hydrogen-bond acceptors (Lipinski definition) is 8. The smallest absolute Gasteiger partial charge is 0.344 e. The Balaban J connectivity index is 2.46. The largest absolute Gasteiger partial charge is 0.497 e. The Labute approximate surface area is 167 Å². The summed E-state index contributed by atoms with van der Waals surface area (Å²) in [7, 11) is 2.91. The van der Waals surface area contributed by atoms with Crippen molar-refractivity contribution in [2.45, 2.75) is 20.8 Å². The molecule has 0 radical (unpaired) electrons. The van der Waals surface area contributed by atoms with Gasteiger partial charge in [-0.05, 0) is 32.9 Å².